The fraction of sp³-hybridized carbons (Fsp3) is 0.250. The molecule has 1 aromatic heterocycles. The van der Waals surface area contributed by atoms with E-state index in [1.54, 1.807) is 12.7 Å². The summed E-state index contributed by atoms with van der Waals surface area (Å²) in [5, 5.41) is 2.22. The fourth-order valence-electron chi connectivity index (χ4n) is 4.81. The first-order valence-corrected chi connectivity index (χ1v) is 10.2. The predicted molar refractivity (Wildman–Crippen MR) is 109 cm³/mol. The third-order valence-electron chi connectivity index (χ3n) is 6.00. The number of fused-ring (bicyclic) bond motifs is 3. The van der Waals surface area contributed by atoms with E-state index >= 15 is 0 Å². The van der Waals surface area contributed by atoms with Gasteiger partial charge in [-0.2, -0.15) is 0 Å². The standard InChI is InChI=1S/C24H22OS/c1-25-18-11-8-17(9-12-18)21-15-22-19-6-3-2-5-16(19)10-13-20(22)24(21)23-7-4-14-26-23/h2-9,11-12,14-15,20-21,24H,10,13H2,1H3/t20-,21-,24+/m0/s1. The topological polar surface area (TPSA) is 9.23 Å². The zero-order chi connectivity index (χ0) is 17.5. The molecule has 3 aromatic rings. The number of allylic oxidation sites excluding steroid dienone is 2. The van der Waals surface area contributed by atoms with Crippen molar-refractivity contribution < 1.29 is 4.74 Å². The van der Waals surface area contributed by atoms with Crippen molar-refractivity contribution in [3.63, 3.8) is 0 Å². The van der Waals surface area contributed by atoms with E-state index in [-0.39, 0.29) is 0 Å². The first-order valence-electron chi connectivity index (χ1n) is 9.32. The average Bonchev–Trinajstić information content (AvgIpc) is 3.35. The number of hydrogen-bond donors (Lipinski definition) is 0. The van der Waals surface area contributed by atoms with E-state index < -0.39 is 0 Å². The summed E-state index contributed by atoms with van der Waals surface area (Å²) in [6, 6.07) is 22.2. The molecule has 3 atom stereocenters. The fourth-order valence-corrected chi connectivity index (χ4v) is 5.75. The van der Waals surface area contributed by atoms with Gasteiger partial charge in [-0.1, -0.05) is 48.5 Å². The highest BCUT2D eigenvalue weighted by atomic mass is 32.1. The molecule has 2 aromatic carbocycles. The van der Waals surface area contributed by atoms with Crippen molar-refractivity contribution in [1.29, 1.82) is 0 Å². The summed E-state index contributed by atoms with van der Waals surface area (Å²) >= 11 is 1.91. The lowest BCUT2D eigenvalue weighted by Crippen LogP contribution is -2.18. The van der Waals surface area contributed by atoms with Gasteiger partial charge in [-0.05, 0) is 64.6 Å². The quantitative estimate of drug-likeness (QED) is 0.535. The Morgan fingerprint density at radius 3 is 2.58 bits per heavy atom. The largest absolute Gasteiger partial charge is 0.497 e. The second kappa shape index (κ2) is 6.44. The Balaban J connectivity index is 1.62. The number of thiophene rings is 1. The van der Waals surface area contributed by atoms with Crippen LogP contribution in [-0.4, -0.2) is 7.11 Å². The normalized spacial score (nSPS) is 23.9. The molecule has 0 amide bonds. The van der Waals surface area contributed by atoms with E-state index in [0.717, 1.165) is 5.75 Å². The molecule has 0 bridgehead atoms. The molecule has 2 aliphatic rings. The Morgan fingerprint density at radius 1 is 0.962 bits per heavy atom. The number of ether oxygens (including phenoxy) is 1. The van der Waals surface area contributed by atoms with Crippen molar-refractivity contribution >= 4 is 16.9 Å². The first-order chi connectivity index (χ1) is 12.8. The number of aryl methyl sites for hydroxylation is 1. The van der Waals surface area contributed by atoms with Crippen molar-refractivity contribution in [3.05, 3.63) is 93.7 Å². The van der Waals surface area contributed by atoms with Gasteiger partial charge < -0.3 is 4.74 Å². The molecule has 0 radical (unpaired) electrons. The van der Waals surface area contributed by atoms with Gasteiger partial charge in [-0.3, -0.25) is 0 Å². The summed E-state index contributed by atoms with van der Waals surface area (Å²) in [5.41, 5.74) is 5.94. The van der Waals surface area contributed by atoms with Gasteiger partial charge in [0.15, 0.2) is 0 Å². The molecule has 0 fully saturated rings. The Bertz CT molecular complexity index is 937. The summed E-state index contributed by atoms with van der Waals surface area (Å²) in [4.78, 5) is 1.52. The summed E-state index contributed by atoms with van der Waals surface area (Å²) in [6.45, 7) is 0. The molecule has 2 aliphatic carbocycles. The van der Waals surface area contributed by atoms with Gasteiger partial charge in [0.25, 0.3) is 0 Å². The highest BCUT2D eigenvalue weighted by molar-refractivity contribution is 7.10. The summed E-state index contributed by atoms with van der Waals surface area (Å²) in [5.74, 6) is 2.53. The van der Waals surface area contributed by atoms with Gasteiger partial charge in [0.05, 0.1) is 7.11 Å². The molecule has 0 saturated heterocycles. The van der Waals surface area contributed by atoms with Crippen LogP contribution in [0.25, 0.3) is 5.57 Å². The van der Waals surface area contributed by atoms with Crippen LogP contribution in [0.5, 0.6) is 5.75 Å². The zero-order valence-electron chi connectivity index (χ0n) is 14.9. The monoisotopic (exact) mass is 358 g/mol. The first kappa shape index (κ1) is 15.9. The van der Waals surface area contributed by atoms with Crippen LogP contribution < -0.4 is 4.74 Å². The van der Waals surface area contributed by atoms with Crippen LogP contribution in [0, 0.1) is 5.92 Å². The molecule has 2 heteroatoms. The predicted octanol–water partition coefficient (Wildman–Crippen LogP) is 6.28. The Labute approximate surface area is 159 Å². The van der Waals surface area contributed by atoms with Gasteiger partial charge in [0.2, 0.25) is 0 Å². The van der Waals surface area contributed by atoms with E-state index in [9.17, 15) is 0 Å². The molecule has 26 heavy (non-hydrogen) atoms. The van der Waals surface area contributed by atoms with Crippen molar-refractivity contribution in [3.8, 4) is 5.75 Å². The zero-order valence-corrected chi connectivity index (χ0v) is 15.7. The molecule has 1 heterocycles. The van der Waals surface area contributed by atoms with E-state index in [1.807, 2.05) is 11.3 Å². The SMILES string of the molecule is COc1ccc([C@@H]2C=C3c4ccccc4CC[C@@H]3[C@H]2c2cccs2)cc1. The molecule has 1 nitrogen and oxygen atoms in total. The molecule has 0 aliphatic heterocycles. The Hall–Kier alpha value is -2.32. The van der Waals surface area contributed by atoms with E-state index in [4.69, 9.17) is 4.74 Å². The minimum atomic E-state index is 0.436. The smallest absolute Gasteiger partial charge is 0.118 e. The van der Waals surface area contributed by atoms with Crippen molar-refractivity contribution in [2.75, 3.05) is 7.11 Å². The van der Waals surface area contributed by atoms with Gasteiger partial charge in [-0.15, -0.1) is 11.3 Å². The van der Waals surface area contributed by atoms with Gasteiger partial charge in [0, 0.05) is 16.7 Å². The van der Waals surface area contributed by atoms with E-state index in [0.29, 0.717) is 17.8 Å². The minimum absolute atomic E-state index is 0.436. The Kier molecular flexibility index (Phi) is 3.94. The second-order valence-corrected chi connectivity index (χ2v) is 8.24. The van der Waals surface area contributed by atoms with Gasteiger partial charge >= 0.3 is 0 Å². The van der Waals surface area contributed by atoms with Crippen LogP contribution in [0.15, 0.2) is 72.1 Å². The summed E-state index contributed by atoms with van der Waals surface area (Å²) < 4.78 is 5.36. The van der Waals surface area contributed by atoms with Gasteiger partial charge in [-0.25, -0.2) is 0 Å². The third-order valence-corrected chi connectivity index (χ3v) is 6.98. The van der Waals surface area contributed by atoms with Crippen LogP contribution in [0.4, 0.5) is 0 Å². The molecular formula is C24H22OS. The minimum Gasteiger partial charge on any atom is -0.497 e. The van der Waals surface area contributed by atoms with Crippen LogP contribution in [0.2, 0.25) is 0 Å². The van der Waals surface area contributed by atoms with Crippen molar-refractivity contribution in [1.82, 2.24) is 0 Å². The average molecular weight is 359 g/mol. The molecule has 5 rings (SSSR count). The van der Waals surface area contributed by atoms with Crippen LogP contribution >= 0.6 is 11.3 Å². The lowest BCUT2D eigenvalue weighted by molar-refractivity contribution is 0.414. The number of methoxy groups -OCH3 is 1. The third kappa shape index (κ3) is 2.52. The van der Waals surface area contributed by atoms with Gasteiger partial charge in [0.1, 0.15) is 5.75 Å². The lowest BCUT2D eigenvalue weighted by atomic mass is 9.74. The maximum Gasteiger partial charge on any atom is 0.118 e. The molecule has 0 N–H and O–H groups in total. The number of rotatable bonds is 3. The molecule has 130 valence electrons. The van der Waals surface area contributed by atoms with Crippen LogP contribution in [0.1, 0.15) is 39.8 Å². The highest BCUT2D eigenvalue weighted by Gasteiger charge is 2.41. The van der Waals surface area contributed by atoms with E-state index in [2.05, 4.69) is 72.1 Å². The summed E-state index contributed by atoms with van der Waals surface area (Å²) in [7, 11) is 1.73. The van der Waals surface area contributed by atoms with Crippen molar-refractivity contribution in [2.45, 2.75) is 24.7 Å². The maximum atomic E-state index is 5.36. The highest BCUT2D eigenvalue weighted by Crippen LogP contribution is 2.56. The lowest BCUT2D eigenvalue weighted by Gasteiger charge is -2.30. The number of hydrogen-bond acceptors (Lipinski definition) is 2. The molecule has 0 spiro atoms. The second-order valence-electron chi connectivity index (χ2n) is 7.26. The molecule has 0 saturated carbocycles. The number of benzene rings is 2. The van der Waals surface area contributed by atoms with E-state index in [1.165, 1.54) is 34.4 Å². The Morgan fingerprint density at radius 2 is 1.81 bits per heavy atom. The molecular weight excluding hydrogens is 336 g/mol. The van der Waals surface area contributed by atoms with Crippen LogP contribution in [-0.2, 0) is 6.42 Å². The van der Waals surface area contributed by atoms with Crippen LogP contribution in [0.3, 0.4) is 0 Å². The van der Waals surface area contributed by atoms with Crippen molar-refractivity contribution in [2.24, 2.45) is 5.92 Å². The molecule has 0 unspecified atom stereocenters. The maximum absolute atomic E-state index is 5.36. The summed E-state index contributed by atoms with van der Waals surface area (Å²) in [6.07, 6.45) is 4.99.